The zero-order valence-corrected chi connectivity index (χ0v) is 15.6. The molecule has 24 heavy (non-hydrogen) atoms. The van der Waals surface area contributed by atoms with Gasteiger partial charge in [-0.2, -0.15) is 0 Å². The summed E-state index contributed by atoms with van der Waals surface area (Å²) in [6.07, 6.45) is 5.08. The first-order valence-electron chi connectivity index (χ1n) is 8.89. The van der Waals surface area contributed by atoms with Crippen LogP contribution in [0.25, 0.3) is 0 Å². The first kappa shape index (κ1) is 20.9. The summed E-state index contributed by atoms with van der Waals surface area (Å²) in [6, 6.07) is 0. The fourth-order valence-corrected chi connectivity index (χ4v) is 4.24. The molecule has 2 rings (SSSR count). The number of ether oxygens (including phenoxy) is 1. The highest BCUT2D eigenvalue weighted by atomic mass is 16.5. The molecule has 2 fully saturated rings. The van der Waals surface area contributed by atoms with Gasteiger partial charge in [0.05, 0.1) is 6.61 Å². The lowest BCUT2D eigenvalue weighted by Crippen LogP contribution is -2.58. The summed E-state index contributed by atoms with van der Waals surface area (Å²) < 4.78 is 5.46. The minimum atomic E-state index is -0.250. The van der Waals surface area contributed by atoms with E-state index in [2.05, 4.69) is 38.3 Å². The molecule has 2 heterocycles. The van der Waals surface area contributed by atoms with Crippen molar-refractivity contribution in [3.8, 4) is 0 Å². The highest BCUT2D eigenvalue weighted by molar-refractivity contribution is 5.76. The standard InChI is InChI=1S/C17H32N2O2.CH2O2/c1-16(2)9-14(10-17(3,4)19-16)8-15(20)18-11-13-6-5-7-21-12-13;2-1-3/h13-14,19H,5-12H2,1-4H3,(H,18,20);1H,(H,2,3). The van der Waals surface area contributed by atoms with Crippen LogP contribution in [0, 0.1) is 11.8 Å². The second-order valence-corrected chi connectivity index (χ2v) is 8.36. The van der Waals surface area contributed by atoms with Crippen molar-refractivity contribution >= 4 is 12.4 Å². The second-order valence-electron chi connectivity index (χ2n) is 8.36. The monoisotopic (exact) mass is 342 g/mol. The molecule has 2 aliphatic rings. The van der Waals surface area contributed by atoms with Gasteiger partial charge in [0.25, 0.3) is 6.47 Å². The van der Waals surface area contributed by atoms with E-state index >= 15 is 0 Å². The van der Waals surface area contributed by atoms with Crippen molar-refractivity contribution in [2.24, 2.45) is 11.8 Å². The Balaban J connectivity index is 0.000000891. The molecular weight excluding hydrogens is 308 g/mol. The van der Waals surface area contributed by atoms with E-state index in [9.17, 15) is 4.79 Å². The largest absolute Gasteiger partial charge is 0.483 e. The molecule has 0 aromatic carbocycles. The van der Waals surface area contributed by atoms with Crippen LogP contribution in [0.5, 0.6) is 0 Å². The molecule has 6 nitrogen and oxygen atoms in total. The van der Waals surface area contributed by atoms with E-state index in [1.165, 1.54) is 6.42 Å². The minimum Gasteiger partial charge on any atom is -0.483 e. The summed E-state index contributed by atoms with van der Waals surface area (Å²) in [5, 5.41) is 13.7. The molecule has 1 unspecified atom stereocenters. The van der Waals surface area contributed by atoms with E-state index in [-0.39, 0.29) is 23.5 Å². The molecule has 140 valence electrons. The molecule has 2 saturated heterocycles. The third-order valence-corrected chi connectivity index (χ3v) is 4.59. The second kappa shape index (κ2) is 9.37. The van der Waals surface area contributed by atoms with Crippen molar-refractivity contribution in [1.82, 2.24) is 10.6 Å². The first-order chi connectivity index (χ1) is 11.2. The number of hydrogen-bond acceptors (Lipinski definition) is 4. The highest BCUT2D eigenvalue weighted by Crippen LogP contribution is 2.34. The maximum Gasteiger partial charge on any atom is 0.290 e. The molecule has 0 saturated carbocycles. The van der Waals surface area contributed by atoms with Crippen LogP contribution < -0.4 is 10.6 Å². The van der Waals surface area contributed by atoms with Crippen molar-refractivity contribution in [2.45, 2.75) is 70.9 Å². The van der Waals surface area contributed by atoms with E-state index in [1.54, 1.807) is 0 Å². The summed E-state index contributed by atoms with van der Waals surface area (Å²) in [5.74, 6) is 1.18. The number of piperidine rings is 1. The maximum atomic E-state index is 12.2. The van der Waals surface area contributed by atoms with Crippen LogP contribution in [0.15, 0.2) is 0 Å². The third kappa shape index (κ3) is 8.11. The Morgan fingerprint density at radius 3 is 2.33 bits per heavy atom. The molecule has 1 atom stereocenters. The Morgan fingerprint density at radius 2 is 1.83 bits per heavy atom. The van der Waals surface area contributed by atoms with Gasteiger partial charge in [-0.25, -0.2) is 0 Å². The molecule has 0 aromatic rings. The van der Waals surface area contributed by atoms with Crippen molar-refractivity contribution in [1.29, 1.82) is 0 Å². The van der Waals surface area contributed by atoms with Crippen LogP contribution in [0.3, 0.4) is 0 Å². The molecule has 1 amide bonds. The summed E-state index contributed by atoms with van der Waals surface area (Å²) in [7, 11) is 0. The molecule has 0 aromatic heterocycles. The zero-order valence-electron chi connectivity index (χ0n) is 15.6. The normalized spacial score (nSPS) is 25.9. The number of nitrogens with one attached hydrogen (secondary N) is 2. The van der Waals surface area contributed by atoms with Crippen LogP contribution in [-0.4, -0.2) is 48.3 Å². The number of rotatable bonds is 4. The minimum absolute atomic E-state index is 0.115. The summed E-state index contributed by atoms with van der Waals surface area (Å²) in [5.41, 5.74) is 0.230. The fraction of sp³-hybridized carbons (Fsp3) is 0.889. The SMILES string of the molecule is CC1(C)CC(CC(=O)NCC2CCCOC2)CC(C)(C)N1.O=CO. The molecule has 2 aliphatic heterocycles. The van der Waals surface area contributed by atoms with E-state index in [1.807, 2.05) is 0 Å². The average Bonchev–Trinajstić information content (AvgIpc) is 2.43. The van der Waals surface area contributed by atoms with E-state index in [0.717, 1.165) is 39.0 Å². The van der Waals surface area contributed by atoms with Gasteiger partial charge in [-0.3, -0.25) is 9.59 Å². The Kier molecular flexibility index (Phi) is 8.16. The lowest BCUT2D eigenvalue weighted by Gasteiger charge is -2.46. The van der Waals surface area contributed by atoms with Gasteiger partial charge in [0.2, 0.25) is 5.91 Å². The predicted molar refractivity (Wildman–Crippen MR) is 93.9 cm³/mol. The Bertz CT molecular complexity index is 388. The molecule has 6 heteroatoms. The molecule has 0 aliphatic carbocycles. The van der Waals surface area contributed by atoms with Gasteiger partial charge in [0.15, 0.2) is 0 Å². The first-order valence-corrected chi connectivity index (χ1v) is 8.89. The van der Waals surface area contributed by atoms with Gasteiger partial charge in [-0.05, 0) is 65.2 Å². The van der Waals surface area contributed by atoms with Crippen LogP contribution >= 0.6 is 0 Å². The van der Waals surface area contributed by atoms with E-state index in [0.29, 0.717) is 18.3 Å². The van der Waals surface area contributed by atoms with Gasteiger partial charge < -0.3 is 20.5 Å². The van der Waals surface area contributed by atoms with Crippen molar-refractivity contribution < 1.29 is 19.4 Å². The van der Waals surface area contributed by atoms with Crippen molar-refractivity contribution in [2.75, 3.05) is 19.8 Å². The third-order valence-electron chi connectivity index (χ3n) is 4.59. The Hall–Kier alpha value is -1.14. The predicted octanol–water partition coefficient (Wildman–Crippen LogP) is 2.18. The van der Waals surface area contributed by atoms with Crippen molar-refractivity contribution in [3.05, 3.63) is 0 Å². The fourth-order valence-electron chi connectivity index (χ4n) is 4.24. The quantitative estimate of drug-likeness (QED) is 0.682. The van der Waals surface area contributed by atoms with Gasteiger partial charge in [-0.1, -0.05) is 0 Å². The maximum absolute atomic E-state index is 12.2. The zero-order chi connectivity index (χ0) is 18.2. The van der Waals surface area contributed by atoms with Gasteiger partial charge in [-0.15, -0.1) is 0 Å². The number of carbonyl (C=O) groups excluding carboxylic acids is 1. The summed E-state index contributed by atoms with van der Waals surface area (Å²) >= 11 is 0. The Morgan fingerprint density at radius 1 is 1.25 bits per heavy atom. The molecular formula is C18H34N2O4. The smallest absolute Gasteiger partial charge is 0.290 e. The topological polar surface area (TPSA) is 87.7 Å². The van der Waals surface area contributed by atoms with Gasteiger partial charge in [0, 0.05) is 30.7 Å². The lowest BCUT2D eigenvalue weighted by atomic mass is 9.74. The van der Waals surface area contributed by atoms with Crippen LogP contribution in [0.2, 0.25) is 0 Å². The molecule has 0 bridgehead atoms. The van der Waals surface area contributed by atoms with Gasteiger partial charge >= 0.3 is 0 Å². The molecule has 0 spiro atoms. The van der Waals surface area contributed by atoms with Crippen LogP contribution in [0.4, 0.5) is 0 Å². The number of hydrogen-bond donors (Lipinski definition) is 3. The number of carboxylic acid groups (broad SMARTS) is 1. The molecule has 3 N–H and O–H groups in total. The van der Waals surface area contributed by atoms with Crippen molar-refractivity contribution in [3.63, 3.8) is 0 Å². The van der Waals surface area contributed by atoms with Crippen LogP contribution in [0.1, 0.15) is 59.8 Å². The van der Waals surface area contributed by atoms with E-state index < -0.39 is 0 Å². The highest BCUT2D eigenvalue weighted by Gasteiger charge is 2.38. The lowest BCUT2D eigenvalue weighted by molar-refractivity contribution is -0.123. The number of amides is 1. The number of carbonyl (C=O) groups is 2. The summed E-state index contributed by atoms with van der Waals surface area (Å²) in [4.78, 5) is 20.6. The molecule has 0 radical (unpaired) electrons. The Labute approximate surface area is 145 Å². The van der Waals surface area contributed by atoms with Crippen LogP contribution in [-0.2, 0) is 14.3 Å². The summed E-state index contributed by atoms with van der Waals surface area (Å²) in [6.45, 7) is 11.1. The average molecular weight is 342 g/mol. The van der Waals surface area contributed by atoms with Gasteiger partial charge in [0.1, 0.15) is 0 Å². The van der Waals surface area contributed by atoms with E-state index in [4.69, 9.17) is 14.6 Å².